The van der Waals surface area contributed by atoms with Gasteiger partial charge in [-0.15, -0.1) is 0 Å². The molecule has 2 amide bonds. The maximum atomic E-state index is 10.3. The molecule has 57 valence electrons. The van der Waals surface area contributed by atoms with Crippen LogP contribution in [0.25, 0.3) is 0 Å². The molecule has 0 unspecified atom stereocenters. The van der Waals surface area contributed by atoms with Crippen molar-refractivity contribution in [2.75, 3.05) is 0 Å². The van der Waals surface area contributed by atoms with Crippen molar-refractivity contribution in [3.63, 3.8) is 0 Å². The van der Waals surface area contributed by atoms with Gasteiger partial charge in [-0.25, -0.2) is 4.79 Å². The monoisotopic (exact) mass is 149 g/mol. The Hall–Kier alpha value is -1.51. The molecular formula is C8H9N2O. The van der Waals surface area contributed by atoms with Crippen molar-refractivity contribution in [2.45, 2.75) is 6.54 Å². The standard InChI is InChI=1S/C8H9N2O/c9-8(11)10-6-7-4-2-1-3-5-7/h1-2,4-5H,6H2,(H3,9,10,11). The van der Waals surface area contributed by atoms with Gasteiger partial charge in [0, 0.05) is 6.54 Å². The van der Waals surface area contributed by atoms with Crippen LogP contribution in [0.3, 0.4) is 0 Å². The number of benzene rings is 1. The Balaban J connectivity index is 2.45. The Bertz CT molecular complexity index is 233. The Morgan fingerprint density at radius 3 is 3.09 bits per heavy atom. The van der Waals surface area contributed by atoms with E-state index in [-0.39, 0.29) is 0 Å². The van der Waals surface area contributed by atoms with E-state index in [1.165, 1.54) is 0 Å². The summed E-state index contributed by atoms with van der Waals surface area (Å²) in [4.78, 5) is 10.3. The minimum atomic E-state index is -0.506. The second kappa shape index (κ2) is 3.61. The first-order valence-electron chi connectivity index (χ1n) is 3.27. The van der Waals surface area contributed by atoms with Crippen LogP contribution in [0.15, 0.2) is 24.3 Å². The topological polar surface area (TPSA) is 55.1 Å². The number of rotatable bonds is 2. The van der Waals surface area contributed by atoms with Crippen LogP contribution in [0.4, 0.5) is 4.79 Å². The van der Waals surface area contributed by atoms with Crippen LogP contribution in [0.1, 0.15) is 5.56 Å². The Kier molecular flexibility index (Phi) is 2.49. The van der Waals surface area contributed by atoms with Crippen molar-refractivity contribution in [3.8, 4) is 0 Å². The van der Waals surface area contributed by atoms with Gasteiger partial charge >= 0.3 is 6.03 Å². The first-order chi connectivity index (χ1) is 5.29. The van der Waals surface area contributed by atoms with Crippen LogP contribution in [0.2, 0.25) is 0 Å². The molecule has 0 bridgehead atoms. The molecule has 1 rings (SSSR count). The summed E-state index contributed by atoms with van der Waals surface area (Å²) in [7, 11) is 0. The maximum absolute atomic E-state index is 10.3. The number of primary amides is 1. The highest BCUT2D eigenvalue weighted by atomic mass is 16.2. The molecule has 1 aromatic carbocycles. The molecular weight excluding hydrogens is 140 g/mol. The van der Waals surface area contributed by atoms with Gasteiger partial charge in [0.05, 0.1) is 0 Å². The van der Waals surface area contributed by atoms with Gasteiger partial charge in [0.2, 0.25) is 0 Å². The summed E-state index contributed by atoms with van der Waals surface area (Å²) in [6.45, 7) is 0.465. The summed E-state index contributed by atoms with van der Waals surface area (Å²) < 4.78 is 0. The molecule has 11 heavy (non-hydrogen) atoms. The lowest BCUT2D eigenvalue weighted by Crippen LogP contribution is -2.28. The van der Waals surface area contributed by atoms with Gasteiger partial charge in [-0.2, -0.15) is 0 Å². The average molecular weight is 149 g/mol. The molecule has 3 nitrogen and oxygen atoms in total. The fourth-order valence-corrected chi connectivity index (χ4v) is 0.730. The first kappa shape index (κ1) is 7.60. The molecule has 0 saturated heterocycles. The summed E-state index contributed by atoms with van der Waals surface area (Å²) in [6, 6.07) is 9.74. The summed E-state index contributed by atoms with van der Waals surface area (Å²) in [5.74, 6) is 0. The molecule has 0 saturated carbocycles. The number of hydrogen-bond donors (Lipinski definition) is 2. The molecule has 3 heteroatoms. The minimum absolute atomic E-state index is 0.465. The molecule has 0 heterocycles. The van der Waals surface area contributed by atoms with Crippen molar-refractivity contribution >= 4 is 6.03 Å². The van der Waals surface area contributed by atoms with Crippen LogP contribution in [-0.2, 0) is 6.54 Å². The van der Waals surface area contributed by atoms with Crippen molar-refractivity contribution in [1.82, 2.24) is 5.32 Å². The van der Waals surface area contributed by atoms with Crippen LogP contribution in [0.5, 0.6) is 0 Å². The van der Waals surface area contributed by atoms with Gasteiger partial charge in [-0.1, -0.05) is 18.2 Å². The molecule has 0 aliphatic heterocycles. The zero-order valence-corrected chi connectivity index (χ0v) is 6.00. The number of carbonyl (C=O) groups is 1. The van der Waals surface area contributed by atoms with E-state index in [4.69, 9.17) is 5.73 Å². The Morgan fingerprint density at radius 2 is 2.55 bits per heavy atom. The molecule has 3 N–H and O–H groups in total. The average Bonchev–Trinajstić information content (AvgIpc) is 2.03. The van der Waals surface area contributed by atoms with Crippen molar-refractivity contribution in [1.29, 1.82) is 0 Å². The predicted octanol–water partition coefficient (Wildman–Crippen LogP) is 0.655. The summed E-state index contributed by atoms with van der Waals surface area (Å²) in [5, 5.41) is 2.48. The van der Waals surface area contributed by atoms with Crippen molar-refractivity contribution in [2.24, 2.45) is 5.73 Å². The van der Waals surface area contributed by atoms with E-state index in [2.05, 4.69) is 11.4 Å². The van der Waals surface area contributed by atoms with Gasteiger partial charge < -0.3 is 11.1 Å². The molecule has 0 spiro atoms. The van der Waals surface area contributed by atoms with Gasteiger partial charge in [0.25, 0.3) is 0 Å². The first-order valence-corrected chi connectivity index (χ1v) is 3.27. The molecule has 1 radical (unpaired) electrons. The zero-order valence-electron chi connectivity index (χ0n) is 6.00. The Labute approximate surface area is 65.2 Å². The second-order valence-corrected chi connectivity index (χ2v) is 2.13. The molecule has 0 aliphatic carbocycles. The number of nitrogens with one attached hydrogen (secondary N) is 1. The lowest BCUT2D eigenvalue weighted by Gasteiger charge is -1.99. The van der Waals surface area contributed by atoms with Crippen LogP contribution < -0.4 is 11.1 Å². The number of nitrogens with two attached hydrogens (primary N) is 1. The SMILES string of the molecule is NC(=O)NCc1c[c]ccc1. The van der Waals surface area contributed by atoms with E-state index in [1.54, 1.807) is 12.1 Å². The fourth-order valence-electron chi connectivity index (χ4n) is 0.730. The number of carbonyl (C=O) groups excluding carboxylic acids is 1. The second-order valence-electron chi connectivity index (χ2n) is 2.13. The van der Waals surface area contributed by atoms with E-state index in [9.17, 15) is 4.79 Å². The lowest BCUT2D eigenvalue weighted by atomic mass is 10.2. The maximum Gasteiger partial charge on any atom is 0.312 e. The summed E-state index contributed by atoms with van der Waals surface area (Å²) >= 11 is 0. The van der Waals surface area contributed by atoms with Crippen LogP contribution in [0, 0.1) is 6.07 Å². The number of amides is 2. The largest absolute Gasteiger partial charge is 0.352 e. The smallest absolute Gasteiger partial charge is 0.312 e. The molecule has 0 atom stereocenters. The van der Waals surface area contributed by atoms with E-state index in [0.29, 0.717) is 6.54 Å². The highest BCUT2D eigenvalue weighted by Gasteiger charge is 1.91. The van der Waals surface area contributed by atoms with E-state index >= 15 is 0 Å². The highest BCUT2D eigenvalue weighted by Crippen LogP contribution is 1.95. The van der Waals surface area contributed by atoms with E-state index < -0.39 is 6.03 Å². The highest BCUT2D eigenvalue weighted by molar-refractivity contribution is 5.71. The number of urea groups is 1. The summed E-state index contributed by atoms with van der Waals surface area (Å²) in [5.41, 5.74) is 5.87. The summed E-state index contributed by atoms with van der Waals surface area (Å²) in [6.07, 6.45) is 0. The normalized spacial score (nSPS) is 9.09. The van der Waals surface area contributed by atoms with Crippen LogP contribution in [-0.4, -0.2) is 6.03 Å². The van der Waals surface area contributed by atoms with E-state index in [1.807, 2.05) is 12.1 Å². The molecule has 0 aromatic heterocycles. The number of hydrogen-bond acceptors (Lipinski definition) is 1. The molecule has 0 aliphatic rings. The third-order valence-corrected chi connectivity index (χ3v) is 1.24. The third kappa shape index (κ3) is 2.71. The quantitative estimate of drug-likeness (QED) is 0.637. The lowest BCUT2D eigenvalue weighted by molar-refractivity contribution is 0.248. The van der Waals surface area contributed by atoms with Crippen molar-refractivity contribution < 1.29 is 4.79 Å². The minimum Gasteiger partial charge on any atom is -0.352 e. The van der Waals surface area contributed by atoms with Crippen molar-refractivity contribution in [3.05, 3.63) is 35.9 Å². The fraction of sp³-hybridized carbons (Fsp3) is 0.125. The Morgan fingerprint density at radius 1 is 1.73 bits per heavy atom. The molecule has 1 aromatic rings. The van der Waals surface area contributed by atoms with E-state index in [0.717, 1.165) is 5.56 Å². The zero-order chi connectivity index (χ0) is 8.10. The van der Waals surface area contributed by atoms with Gasteiger partial charge in [-0.05, 0) is 17.7 Å². The molecule has 0 fully saturated rings. The third-order valence-electron chi connectivity index (χ3n) is 1.24. The predicted molar refractivity (Wildman–Crippen MR) is 41.7 cm³/mol. The van der Waals surface area contributed by atoms with Crippen LogP contribution >= 0.6 is 0 Å². The van der Waals surface area contributed by atoms with Gasteiger partial charge in [-0.3, -0.25) is 0 Å². The van der Waals surface area contributed by atoms with Gasteiger partial charge in [0.15, 0.2) is 0 Å². The van der Waals surface area contributed by atoms with Gasteiger partial charge in [0.1, 0.15) is 0 Å².